The molecular formula is C16H22CuN4O2. The fourth-order valence-corrected chi connectivity index (χ4v) is 1.91. The fraction of sp³-hybridized carbons (Fsp3) is 0.500. The van der Waals surface area contributed by atoms with Crippen molar-refractivity contribution in [1.29, 1.82) is 0 Å². The number of ketones is 2. The Morgan fingerprint density at radius 2 is 1.78 bits per heavy atom. The third kappa shape index (κ3) is 7.39. The standard InChI is InChI=1S/C16H24N4O2.Cu/c1-11-15(13(3)21)9-17-5-6-18-10-16(14(4)22)12(2)20-8-7-19-11;/h9-10H,5-8H2,1-4H3,(H2,17,18,19,20,21,22);/q;+2/p-2. The van der Waals surface area contributed by atoms with Gasteiger partial charge in [0.15, 0.2) is 11.6 Å². The molecule has 0 fully saturated rings. The zero-order chi connectivity index (χ0) is 16.5. The normalized spacial score (nSPS) is 16.9. The molecule has 1 heterocycles. The van der Waals surface area contributed by atoms with Gasteiger partial charge in [0.05, 0.1) is 0 Å². The molecule has 1 radical (unpaired) electrons. The quantitative estimate of drug-likeness (QED) is 0.704. The van der Waals surface area contributed by atoms with Crippen molar-refractivity contribution in [2.45, 2.75) is 27.7 Å². The van der Waals surface area contributed by atoms with Crippen molar-refractivity contribution in [3.63, 3.8) is 0 Å². The first-order valence-corrected chi connectivity index (χ1v) is 7.21. The number of hydrogen-bond acceptors (Lipinski definition) is 4. The van der Waals surface area contributed by atoms with E-state index in [4.69, 9.17) is 0 Å². The summed E-state index contributed by atoms with van der Waals surface area (Å²) >= 11 is 0. The van der Waals surface area contributed by atoms with Crippen molar-refractivity contribution >= 4 is 23.5 Å². The summed E-state index contributed by atoms with van der Waals surface area (Å²) in [6.07, 6.45) is 3.10. The number of carbonyl (C=O) groups is 2. The van der Waals surface area contributed by atoms with Crippen LogP contribution in [0, 0.1) is 0 Å². The molecule has 0 atom stereocenters. The number of Topliss-reactive ketones (excluding diaryl/α,β-unsaturated/α-hetero) is 2. The van der Waals surface area contributed by atoms with Crippen LogP contribution in [-0.2, 0) is 26.7 Å². The predicted octanol–water partition coefficient (Wildman–Crippen LogP) is 2.61. The van der Waals surface area contributed by atoms with Gasteiger partial charge in [-0.25, -0.2) is 0 Å². The van der Waals surface area contributed by atoms with E-state index in [1.54, 1.807) is 26.3 Å². The van der Waals surface area contributed by atoms with E-state index in [0.29, 0.717) is 48.7 Å². The minimum atomic E-state index is -0.0625. The van der Waals surface area contributed by atoms with Crippen LogP contribution in [0.1, 0.15) is 27.7 Å². The largest absolute Gasteiger partial charge is 2.00 e. The average Bonchev–Trinajstić information content (AvgIpc) is 2.44. The first kappa shape index (κ1) is 21.3. The molecule has 6 nitrogen and oxygen atoms in total. The second-order valence-electron chi connectivity index (χ2n) is 4.94. The summed E-state index contributed by atoms with van der Waals surface area (Å²) in [5, 5.41) is 8.55. The molecule has 1 aliphatic rings. The summed E-state index contributed by atoms with van der Waals surface area (Å²) in [5.41, 5.74) is 2.33. The van der Waals surface area contributed by atoms with Crippen molar-refractivity contribution in [3.05, 3.63) is 33.7 Å². The van der Waals surface area contributed by atoms with Crippen LogP contribution in [0.5, 0.6) is 0 Å². The second-order valence-corrected chi connectivity index (χ2v) is 4.94. The molecule has 0 aromatic rings. The molecule has 1 aliphatic heterocycles. The molecule has 1 rings (SSSR count). The minimum Gasteiger partial charge on any atom is -0.689 e. The van der Waals surface area contributed by atoms with Crippen LogP contribution in [0.25, 0.3) is 10.6 Å². The molecule has 0 spiro atoms. The van der Waals surface area contributed by atoms with Gasteiger partial charge >= 0.3 is 17.1 Å². The molecule has 0 unspecified atom stereocenters. The summed E-state index contributed by atoms with van der Waals surface area (Å²) in [4.78, 5) is 31.8. The summed E-state index contributed by atoms with van der Waals surface area (Å²) in [6.45, 7) is 8.37. The summed E-state index contributed by atoms with van der Waals surface area (Å²) in [7, 11) is 0. The molecule has 0 N–H and O–H groups in total. The maximum atomic E-state index is 11.6. The zero-order valence-corrected chi connectivity index (χ0v) is 14.8. The van der Waals surface area contributed by atoms with E-state index >= 15 is 0 Å². The number of carbonyl (C=O) groups excluding carboxylic acids is 2. The number of allylic oxidation sites excluding steroid dienone is 3. The maximum Gasteiger partial charge on any atom is 2.00 e. The number of nitrogens with zero attached hydrogens (tertiary/aromatic N) is 4. The third-order valence-corrected chi connectivity index (χ3v) is 3.14. The third-order valence-electron chi connectivity index (χ3n) is 3.14. The first-order valence-electron chi connectivity index (χ1n) is 7.21. The van der Waals surface area contributed by atoms with E-state index in [2.05, 4.69) is 20.6 Å². The Morgan fingerprint density at radius 1 is 1.09 bits per heavy atom. The Morgan fingerprint density at radius 3 is 2.39 bits per heavy atom. The smallest absolute Gasteiger partial charge is 0.689 e. The molecule has 0 aliphatic carbocycles. The second kappa shape index (κ2) is 10.9. The first-order chi connectivity index (χ1) is 10.4. The molecule has 0 aromatic heterocycles. The van der Waals surface area contributed by atoms with Gasteiger partial charge in [0.1, 0.15) is 0 Å². The van der Waals surface area contributed by atoms with Crippen LogP contribution < -0.4 is 0 Å². The van der Waals surface area contributed by atoms with Crippen molar-refractivity contribution in [2.24, 2.45) is 9.98 Å². The van der Waals surface area contributed by atoms with Gasteiger partial charge < -0.3 is 10.6 Å². The number of aliphatic imine (C=N–C) groups is 2. The molecule has 23 heavy (non-hydrogen) atoms. The van der Waals surface area contributed by atoms with Gasteiger partial charge in [-0.15, -0.1) is 13.1 Å². The van der Waals surface area contributed by atoms with Gasteiger partial charge in [0.25, 0.3) is 0 Å². The summed E-state index contributed by atoms with van der Waals surface area (Å²) in [6, 6.07) is 0. The van der Waals surface area contributed by atoms with Crippen LogP contribution in [0.15, 0.2) is 33.0 Å². The number of rotatable bonds is 2. The summed E-state index contributed by atoms with van der Waals surface area (Å²) in [5.74, 6) is -0.125. The van der Waals surface area contributed by atoms with Gasteiger partial charge in [-0.3, -0.25) is 19.6 Å². The molecule has 129 valence electrons. The number of hydrogen-bond donors (Lipinski definition) is 0. The Labute approximate surface area is 148 Å². The van der Waals surface area contributed by atoms with Crippen molar-refractivity contribution in [1.82, 2.24) is 0 Å². The van der Waals surface area contributed by atoms with Crippen LogP contribution in [0.3, 0.4) is 0 Å². The van der Waals surface area contributed by atoms with Crippen molar-refractivity contribution < 1.29 is 26.7 Å². The minimum absolute atomic E-state index is 0. The molecule has 7 heteroatoms. The van der Waals surface area contributed by atoms with E-state index in [0.717, 1.165) is 0 Å². The van der Waals surface area contributed by atoms with E-state index in [1.807, 2.05) is 0 Å². The van der Waals surface area contributed by atoms with Crippen molar-refractivity contribution in [3.8, 4) is 0 Å². The van der Waals surface area contributed by atoms with Gasteiger partial charge in [-0.1, -0.05) is 6.92 Å². The summed E-state index contributed by atoms with van der Waals surface area (Å²) < 4.78 is 0. The Hall–Kier alpha value is -1.72. The van der Waals surface area contributed by atoms with Gasteiger partial charge in [-0.2, -0.15) is 11.9 Å². The van der Waals surface area contributed by atoms with E-state index in [1.165, 1.54) is 13.8 Å². The SMILES string of the molecule is CC(=O)C1=C[N-]CCN=CC(C(C)=O)=C(C)[N-]CCN=C1C.[Cu+2]. The maximum absolute atomic E-state index is 11.6. The Bertz CT molecular complexity index is 562. The van der Waals surface area contributed by atoms with Gasteiger partial charge in [0, 0.05) is 36.2 Å². The molecule has 0 bridgehead atoms. The monoisotopic (exact) mass is 365 g/mol. The molecule has 0 saturated heterocycles. The van der Waals surface area contributed by atoms with Crippen LogP contribution in [-0.4, -0.2) is 49.7 Å². The Balaban J connectivity index is 0.00000484. The van der Waals surface area contributed by atoms with Crippen LogP contribution in [0.2, 0.25) is 0 Å². The van der Waals surface area contributed by atoms with Crippen LogP contribution in [0.4, 0.5) is 0 Å². The average molecular weight is 366 g/mol. The Kier molecular flexibility index (Phi) is 10.1. The zero-order valence-electron chi connectivity index (χ0n) is 13.9. The predicted molar refractivity (Wildman–Crippen MR) is 89.9 cm³/mol. The van der Waals surface area contributed by atoms with E-state index < -0.39 is 0 Å². The van der Waals surface area contributed by atoms with Gasteiger partial charge in [-0.05, 0) is 20.8 Å². The molecule has 0 amide bonds. The van der Waals surface area contributed by atoms with Crippen molar-refractivity contribution in [2.75, 3.05) is 26.2 Å². The topological polar surface area (TPSA) is 87.1 Å². The van der Waals surface area contributed by atoms with E-state index in [9.17, 15) is 9.59 Å². The van der Waals surface area contributed by atoms with Crippen LogP contribution >= 0.6 is 0 Å². The fourth-order valence-electron chi connectivity index (χ4n) is 1.91. The molecular weight excluding hydrogens is 344 g/mol. The van der Waals surface area contributed by atoms with E-state index in [-0.39, 0.29) is 28.6 Å². The molecule has 0 saturated carbocycles. The molecule has 0 aromatic carbocycles. The van der Waals surface area contributed by atoms with Gasteiger partial charge in [0.2, 0.25) is 0 Å².